The Kier molecular flexibility index (Phi) is 6.45. The van der Waals surface area contributed by atoms with Crippen LogP contribution in [-0.2, 0) is 10.0 Å². The van der Waals surface area contributed by atoms with Crippen LogP contribution in [0.4, 0.5) is 5.82 Å². The minimum absolute atomic E-state index is 0.132. The van der Waals surface area contributed by atoms with E-state index in [1.807, 2.05) is 39.0 Å². The van der Waals surface area contributed by atoms with Gasteiger partial charge in [-0.15, -0.1) is 0 Å². The number of fused-ring (bicyclic) bond motifs is 2. The van der Waals surface area contributed by atoms with Crippen LogP contribution in [0.2, 0.25) is 0 Å². The Bertz CT molecular complexity index is 1510. The van der Waals surface area contributed by atoms with Crippen LogP contribution in [0.15, 0.2) is 24.5 Å². The number of piperidine rings is 1. The van der Waals surface area contributed by atoms with E-state index in [4.69, 9.17) is 14.7 Å². The summed E-state index contributed by atoms with van der Waals surface area (Å²) in [5.41, 5.74) is 9.41. The highest BCUT2D eigenvalue weighted by Gasteiger charge is 2.27. The maximum atomic E-state index is 11.9. The molecule has 0 radical (unpaired) electrons. The lowest BCUT2D eigenvalue weighted by Gasteiger charge is -2.30. The van der Waals surface area contributed by atoms with E-state index in [1.54, 1.807) is 0 Å². The van der Waals surface area contributed by atoms with E-state index in [0.717, 1.165) is 22.3 Å². The zero-order chi connectivity index (χ0) is 25.4. The quantitative estimate of drug-likeness (QED) is 0.315. The molecule has 3 N–H and O–H groups in total. The maximum absolute atomic E-state index is 11.9. The van der Waals surface area contributed by atoms with Gasteiger partial charge >= 0.3 is 0 Å². The first-order valence-corrected chi connectivity index (χ1v) is 13.6. The summed E-state index contributed by atoms with van der Waals surface area (Å²) in [6.45, 7) is 6.66. The number of hydrazine groups is 1. The zero-order valence-electron chi connectivity index (χ0n) is 20.6. The summed E-state index contributed by atoms with van der Waals surface area (Å²) in [5, 5.41) is 0.859. The van der Waals surface area contributed by atoms with Gasteiger partial charge in [-0.1, -0.05) is 12.1 Å². The third-order valence-corrected chi connectivity index (χ3v) is 7.57. The number of aryl methyl sites for hydroxylation is 2. The van der Waals surface area contributed by atoms with Crippen molar-refractivity contribution >= 4 is 37.9 Å². The van der Waals surface area contributed by atoms with Gasteiger partial charge in [0.05, 0.1) is 23.2 Å². The molecule has 0 aliphatic carbocycles. The van der Waals surface area contributed by atoms with Crippen molar-refractivity contribution in [2.45, 2.75) is 45.8 Å². The van der Waals surface area contributed by atoms with Crippen LogP contribution in [0.5, 0.6) is 5.88 Å². The molecule has 1 aliphatic rings. The fourth-order valence-corrected chi connectivity index (χ4v) is 5.20. The molecule has 3 aromatic heterocycles. The zero-order valence-corrected chi connectivity index (χ0v) is 21.4. The lowest BCUT2D eigenvalue weighted by molar-refractivity contribution is 0.131. The van der Waals surface area contributed by atoms with Gasteiger partial charge in [-0.25, -0.2) is 38.1 Å². The molecule has 0 bridgehead atoms. The lowest BCUT2D eigenvalue weighted by Crippen LogP contribution is -2.41. The van der Waals surface area contributed by atoms with E-state index in [2.05, 4.69) is 30.8 Å². The predicted octanol–water partition coefficient (Wildman–Crippen LogP) is 2.39. The molecule has 1 saturated heterocycles. The summed E-state index contributed by atoms with van der Waals surface area (Å²) in [6, 6.07) is 5.60. The van der Waals surface area contributed by atoms with Crippen LogP contribution >= 0.6 is 0 Å². The van der Waals surface area contributed by atoms with Crippen molar-refractivity contribution in [2.75, 3.05) is 24.8 Å². The molecule has 4 aromatic rings. The third-order valence-electron chi connectivity index (χ3n) is 6.27. The largest absolute Gasteiger partial charge is 0.474 e. The second-order valence-corrected chi connectivity index (χ2v) is 11.1. The standard InChI is InChI=1S/C23H29N9O3S/c1-13-6-5-7-17-18(13)23(35-16-8-10-32(11-9-16)36(4,33)34)29-20(28-17)14(2)30-31-22-19-21(24-12-25-22)27-15(3)26-19/h5-7,12,14,16,30H,8-11H2,1-4H3,(H2,24,25,26,27,31). The minimum atomic E-state index is -3.20. The maximum Gasteiger partial charge on any atom is 0.225 e. The number of nitrogens with zero attached hydrogens (tertiary/aromatic N) is 6. The number of benzene rings is 1. The second-order valence-electron chi connectivity index (χ2n) is 9.07. The van der Waals surface area contributed by atoms with Crippen LogP contribution < -0.4 is 15.6 Å². The predicted molar refractivity (Wildman–Crippen MR) is 136 cm³/mol. The lowest BCUT2D eigenvalue weighted by atomic mass is 10.1. The van der Waals surface area contributed by atoms with Crippen molar-refractivity contribution < 1.29 is 13.2 Å². The molecule has 1 aliphatic heterocycles. The summed E-state index contributed by atoms with van der Waals surface area (Å²) >= 11 is 0. The average Bonchev–Trinajstić information content (AvgIpc) is 3.23. The molecule has 1 unspecified atom stereocenters. The average molecular weight is 512 g/mol. The molecule has 190 valence electrons. The number of nitrogens with one attached hydrogen (secondary N) is 3. The molecular weight excluding hydrogens is 482 g/mol. The Balaban J connectivity index is 1.38. The first-order chi connectivity index (χ1) is 17.2. The number of anilines is 1. The van der Waals surface area contributed by atoms with Crippen molar-refractivity contribution in [1.82, 2.24) is 39.6 Å². The molecule has 13 heteroatoms. The molecule has 0 amide bonds. The van der Waals surface area contributed by atoms with E-state index >= 15 is 0 Å². The van der Waals surface area contributed by atoms with Gasteiger partial charge in [-0.3, -0.25) is 0 Å². The van der Waals surface area contributed by atoms with Gasteiger partial charge in [0, 0.05) is 13.1 Å². The summed E-state index contributed by atoms with van der Waals surface area (Å²) in [5.74, 6) is 2.38. The van der Waals surface area contributed by atoms with Crippen LogP contribution in [0, 0.1) is 13.8 Å². The molecule has 1 fully saturated rings. The number of rotatable bonds is 7. The molecular formula is C23H29N9O3S. The van der Waals surface area contributed by atoms with Gasteiger partial charge in [0.1, 0.15) is 23.8 Å². The third kappa shape index (κ3) is 4.94. The fraction of sp³-hybridized carbons (Fsp3) is 0.435. The number of sulfonamides is 1. The number of ether oxygens (including phenoxy) is 1. The van der Waals surface area contributed by atoms with Gasteiger partial charge in [-0.2, -0.15) is 4.98 Å². The summed E-state index contributed by atoms with van der Waals surface area (Å²) in [4.78, 5) is 25.5. The Labute approximate surface area is 209 Å². The van der Waals surface area contributed by atoms with Crippen molar-refractivity contribution in [1.29, 1.82) is 0 Å². The Morgan fingerprint density at radius 1 is 1.14 bits per heavy atom. The van der Waals surface area contributed by atoms with Gasteiger partial charge in [0.15, 0.2) is 17.3 Å². The van der Waals surface area contributed by atoms with E-state index in [9.17, 15) is 8.42 Å². The SMILES string of the molecule is Cc1nc2ncnc(NNC(C)c3nc(OC4CCN(S(C)(=O)=O)CC4)c4c(C)cccc4n3)c2[nH]1. The van der Waals surface area contributed by atoms with Crippen LogP contribution in [-0.4, -0.2) is 68.1 Å². The first-order valence-electron chi connectivity index (χ1n) is 11.8. The van der Waals surface area contributed by atoms with Crippen LogP contribution in [0.1, 0.15) is 43.0 Å². The molecule has 12 nitrogen and oxygen atoms in total. The molecule has 1 atom stereocenters. The highest BCUT2D eigenvalue weighted by atomic mass is 32.2. The summed E-state index contributed by atoms with van der Waals surface area (Å²) in [7, 11) is -3.20. The topological polar surface area (TPSA) is 151 Å². The second kappa shape index (κ2) is 9.56. The molecule has 36 heavy (non-hydrogen) atoms. The first kappa shape index (κ1) is 24.3. The van der Waals surface area contributed by atoms with Crippen molar-refractivity contribution in [3.05, 3.63) is 41.7 Å². The van der Waals surface area contributed by atoms with Crippen molar-refractivity contribution in [2.24, 2.45) is 0 Å². The van der Waals surface area contributed by atoms with Gasteiger partial charge < -0.3 is 15.1 Å². The van der Waals surface area contributed by atoms with Gasteiger partial charge in [0.2, 0.25) is 15.9 Å². The summed E-state index contributed by atoms with van der Waals surface area (Å²) in [6.07, 6.45) is 3.76. The van der Waals surface area contributed by atoms with Crippen LogP contribution in [0.3, 0.4) is 0 Å². The van der Waals surface area contributed by atoms with Gasteiger partial charge in [-0.05, 0) is 45.2 Å². The van der Waals surface area contributed by atoms with Gasteiger partial charge in [0.25, 0.3) is 0 Å². The fourth-order valence-electron chi connectivity index (χ4n) is 4.33. The minimum Gasteiger partial charge on any atom is -0.474 e. The molecule has 5 rings (SSSR count). The van der Waals surface area contributed by atoms with E-state index in [0.29, 0.717) is 54.6 Å². The number of aromatic nitrogens is 6. The normalized spacial score (nSPS) is 16.4. The number of H-pyrrole nitrogens is 1. The van der Waals surface area contributed by atoms with Crippen molar-refractivity contribution in [3.63, 3.8) is 0 Å². The monoisotopic (exact) mass is 511 g/mol. The van der Waals surface area contributed by atoms with E-state index < -0.39 is 10.0 Å². The van der Waals surface area contributed by atoms with Crippen LogP contribution in [0.25, 0.3) is 22.1 Å². The van der Waals surface area contributed by atoms with Crippen molar-refractivity contribution in [3.8, 4) is 5.88 Å². The number of hydrogen-bond acceptors (Lipinski definition) is 10. The Morgan fingerprint density at radius 2 is 1.92 bits per heavy atom. The van der Waals surface area contributed by atoms with E-state index in [-0.39, 0.29) is 12.1 Å². The number of hydrogen-bond donors (Lipinski definition) is 3. The van der Waals surface area contributed by atoms with E-state index in [1.165, 1.54) is 16.9 Å². The Hall–Kier alpha value is -3.42. The number of aromatic amines is 1. The molecule has 4 heterocycles. The summed E-state index contributed by atoms with van der Waals surface area (Å²) < 4.78 is 31.6. The highest BCUT2D eigenvalue weighted by molar-refractivity contribution is 7.88. The Morgan fingerprint density at radius 3 is 2.67 bits per heavy atom. The number of imidazole rings is 1. The molecule has 0 saturated carbocycles. The smallest absolute Gasteiger partial charge is 0.225 e. The molecule has 1 aromatic carbocycles. The molecule has 0 spiro atoms. The highest BCUT2D eigenvalue weighted by Crippen LogP contribution is 2.30.